The van der Waals surface area contributed by atoms with Gasteiger partial charge in [0.15, 0.2) is 6.29 Å². The van der Waals surface area contributed by atoms with Crippen molar-refractivity contribution in [2.45, 2.75) is 70.5 Å². The fourth-order valence-corrected chi connectivity index (χ4v) is 6.09. The summed E-state index contributed by atoms with van der Waals surface area (Å²) in [7, 11) is 0. The highest BCUT2D eigenvalue weighted by molar-refractivity contribution is 5.72. The first-order chi connectivity index (χ1) is 25.6. The maximum Gasteiger partial charge on any atom is 0.311 e. The van der Waals surface area contributed by atoms with Crippen LogP contribution in [-0.2, 0) is 64.4 Å². The van der Waals surface area contributed by atoms with Crippen LogP contribution in [0.2, 0.25) is 0 Å². The van der Waals surface area contributed by atoms with Crippen molar-refractivity contribution in [1.82, 2.24) is 0 Å². The monoisotopic (exact) mass is 704 g/mol. The molecule has 0 unspecified atom stereocenters. The molecule has 0 spiro atoms. The minimum absolute atomic E-state index is 0.0601. The van der Waals surface area contributed by atoms with E-state index in [-0.39, 0.29) is 25.8 Å². The van der Waals surface area contributed by atoms with Gasteiger partial charge < -0.3 is 33.2 Å². The second-order valence-corrected chi connectivity index (χ2v) is 13.1. The van der Waals surface area contributed by atoms with Crippen LogP contribution in [0, 0.1) is 5.92 Å². The van der Waals surface area contributed by atoms with Crippen molar-refractivity contribution in [3.05, 3.63) is 167 Å². The first-order valence-corrected chi connectivity index (χ1v) is 18.0. The molecule has 1 aliphatic heterocycles. The number of rotatable bonds is 19. The summed E-state index contributed by atoms with van der Waals surface area (Å²) in [5.41, 5.74) is 5.13. The number of allylic oxidation sites excluding steroid dienone is 3. The number of ether oxygens (including phenoxy) is 7. The Bertz CT molecular complexity index is 1680. The minimum Gasteiger partial charge on any atom is -0.461 e. The predicted octanol–water partition coefficient (Wildman–Crippen LogP) is 7.77. The zero-order chi connectivity index (χ0) is 35.8. The Morgan fingerprint density at radius 2 is 1.13 bits per heavy atom. The van der Waals surface area contributed by atoms with E-state index in [2.05, 4.69) is 0 Å². The maximum atomic E-state index is 13.0. The van der Waals surface area contributed by atoms with Crippen LogP contribution in [0.4, 0.5) is 0 Å². The van der Waals surface area contributed by atoms with E-state index < -0.39 is 36.6 Å². The highest BCUT2D eigenvalue weighted by Gasteiger charge is 2.49. The summed E-state index contributed by atoms with van der Waals surface area (Å²) in [6, 6.07) is 40.0. The van der Waals surface area contributed by atoms with Crippen LogP contribution in [0.5, 0.6) is 0 Å². The summed E-state index contributed by atoms with van der Waals surface area (Å²) in [4.78, 5) is 13.0. The van der Waals surface area contributed by atoms with E-state index in [0.29, 0.717) is 26.4 Å². The van der Waals surface area contributed by atoms with Crippen molar-refractivity contribution in [3.63, 3.8) is 0 Å². The maximum absolute atomic E-state index is 13.0. The van der Waals surface area contributed by atoms with Gasteiger partial charge in [-0.3, -0.25) is 4.79 Å². The Morgan fingerprint density at radius 3 is 1.65 bits per heavy atom. The van der Waals surface area contributed by atoms with Crippen molar-refractivity contribution in [1.29, 1.82) is 0 Å². The third-order valence-corrected chi connectivity index (χ3v) is 9.00. The smallest absolute Gasteiger partial charge is 0.311 e. The third kappa shape index (κ3) is 11.3. The molecule has 1 fully saturated rings. The number of carbonyl (C=O) groups excluding carboxylic acids is 1. The second kappa shape index (κ2) is 20.0. The number of hydrogen-bond donors (Lipinski definition) is 0. The Labute approximate surface area is 306 Å². The van der Waals surface area contributed by atoms with E-state index in [9.17, 15) is 4.79 Å². The molecule has 0 saturated carbocycles. The van der Waals surface area contributed by atoms with Crippen LogP contribution in [0.15, 0.2) is 145 Å². The summed E-state index contributed by atoms with van der Waals surface area (Å²) in [6.07, 6.45) is 3.37. The summed E-state index contributed by atoms with van der Waals surface area (Å²) in [5.74, 6) is -0.883. The van der Waals surface area contributed by atoms with Crippen LogP contribution in [0.25, 0.3) is 0 Å². The Kier molecular flexibility index (Phi) is 14.4. The van der Waals surface area contributed by atoms with Gasteiger partial charge in [0.2, 0.25) is 0 Å². The SMILES string of the molecule is C[C@H](CO[C@H]1O[C@H](COCc2ccccc2)[C@@H](OCc2ccccc2)[C@H](OCc2ccccc2)[C@@H]1OCc1ccccc1)C(=O)OCC1=CC=CC1. The fourth-order valence-electron chi connectivity index (χ4n) is 6.09. The molecule has 0 radical (unpaired) electrons. The normalized spacial score (nSPS) is 21.8. The molecule has 0 aromatic heterocycles. The molecule has 4 aromatic carbocycles. The van der Waals surface area contributed by atoms with Crippen molar-refractivity contribution in [2.75, 3.05) is 19.8 Å². The van der Waals surface area contributed by atoms with Crippen molar-refractivity contribution < 1.29 is 38.0 Å². The van der Waals surface area contributed by atoms with Gasteiger partial charge in [-0.05, 0) is 41.2 Å². The number of esters is 1. The van der Waals surface area contributed by atoms with Crippen molar-refractivity contribution in [2.24, 2.45) is 5.92 Å². The van der Waals surface area contributed by atoms with Gasteiger partial charge in [-0.15, -0.1) is 0 Å². The van der Waals surface area contributed by atoms with Gasteiger partial charge in [-0.2, -0.15) is 0 Å². The fraction of sp³-hybridized carbons (Fsp3) is 0.341. The first kappa shape index (κ1) is 37.4. The molecule has 8 heteroatoms. The van der Waals surface area contributed by atoms with E-state index in [1.807, 2.05) is 140 Å². The lowest BCUT2D eigenvalue weighted by Gasteiger charge is -2.46. The summed E-state index contributed by atoms with van der Waals surface area (Å²) in [6.45, 7) is 3.67. The van der Waals surface area contributed by atoms with E-state index in [4.69, 9.17) is 33.2 Å². The molecule has 0 N–H and O–H groups in total. The molecule has 52 heavy (non-hydrogen) atoms. The lowest BCUT2D eigenvalue weighted by molar-refractivity contribution is -0.329. The van der Waals surface area contributed by atoms with Crippen molar-refractivity contribution >= 4 is 5.97 Å². The summed E-state index contributed by atoms with van der Waals surface area (Å²) in [5, 5.41) is 0. The molecule has 2 aliphatic rings. The molecule has 1 saturated heterocycles. The first-order valence-electron chi connectivity index (χ1n) is 18.0. The number of carbonyl (C=O) groups is 1. The quantitative estimate of drug-likeness (QED) is 0.0917. The molecule has 1 aliphatic carbocycles. The highest BCUT2D eigenvalue weighted by atomic mass is 16.7. The molecule has 1 heterocycles. The van der Waals surface area contributed by atoms with E-state index in [1.165, 1.54) is 0 Å². The van der Waals surface area contributed by atoms with Crippen LogP contribution < -0.4 is 0 Å². The molecular formula is C44H48O8. The number of hydrogen-bond acceptors (Lipinski definition) is 8. The molecule has 272 valence electrons. The lowest BCUT2D eigenvalue weighted by Crippen LogP contribution is -2.62. The van der Waals surface area contributed by atoms with Gasteiger partial charge in [0, 0.05) is 0 Å². The molecule has 6 rings (SSSR count). The van der Waals surface area contributed by atoms with Gasteiger partial charge >= 0.3 is 5.97 Å². The molecule has 8 nitrogen and oxygen atoms in total. The molecule has 4 aromatic rings. The lowest BCUT2D eigenvalue weighted by atomic mass is 9.97. The van der Waals surface area contributed by atoms with E-state index in [0.717, 1.165) is 34.2 Å². The zero-order valence-electron chi connectivity index (χ0n) is 29.7. The Morgan fingerprint density at radius 1 is 0.635 bits per heavy atom. The van der Waals surface area contributed by atoms with Gasteiger partial charge in [0.25, 0.3) is 0 Å². The Balaban J connectivity index is 1.25. The molecule has 0 bridgehead atoms. The third-order valence-electron chi connectivity index (χ3n) is 9.00. The van der Waals surface area contributed by atoms with E-state index in [1.54, 1.807) is 6.92 Å². The van der Waals surface area contributed by atoms with Crippen LogP contribution in [0.3, 0.4) is 0 Å². The van der Waals surface area contributed by atoms with Gasteiger partial charge in [-0.25, -0.2) is 0 Å². The van der Waals surface area contributed by atoms with Crippen LogP contribution in [0.1, 0.15) is 35.6 Å². The number of benzene rings is 4. The molecule has 0 amide bonds. The average Bonchev–Trinajstić information content (AvgIpc) is 3.72. The summed E-state index contributed by atoms with van der Waals surface area (Å²) >= 11 is 0. The molecular weight excluding hydrogens is 656 g/mol. The van der Waals surface area contributed by atoms with Gasteiger partial charge in [0.1, 0.15) is 31.0 Å². The zero-order valence-corrected chi connectivity index (χ0v) is 29.7. The van der Waals surface area contributed by atoms with Crippen molar-refractivity contribution in [3.8, 4) is 0 Å². The minimum atomic E-state index is -0.900. The van der Waals surface area contributed by atoms with Gasteiger partial charge in [0.05, 0.1) is 45.6 Å². The van der Waals surface area contributed by atoms with E-state index >= 15 is 0 Å². The van der Waals surface area contributed by atoms with Gasteiger partial charge in [-0.1, -0.05) is 140 Å². The Hall–Kier alpha value is -4.41. The average molecular weight is 705 g/mol. The predicted molar refractivity (Wildman–Crippen MR) is 198 cm³/mol. The largest absolute Gasteiger partial charge is 0.461 e. The highest BCUT2D eigenvalue weighted by Crippen LogP contribution is 2.32. The van der Waals surface area contributed by atoms with Crippen LogP contribution >= 0.6 is 0 Å². The summed E-state index contributed by atoms with van der Waals surface area (Å²) < 4.78 is 45.2. The van der Waals surface area contributed by atoms with Crippen LogP contribution in [-0.4, -0.2) is 56.5 Å². The topological polar surface area (TPSA) is 81.7 Å². The molecule has 6 atom stereocenters. The second-order valence-electron chi connectivity index (χ2n) is 13.1. The standard InChI is InChI=1S/C44H48O8/c1-33(43(45)50-31-38-24-14-15-25-38)26-51-44-42(49-30-37-22-12-5-13-23-37)41(48-29-36-20-10-4-11-21-36)40(47-28-35-18-8-3-9-19-35)39(52-44)32-46-27-34-16-6-2-7-17-34/h2-24,33,39-42,44H,25-32H2,1H3/t33-,39-,40-,41+,42+,44+/m1/s1.